The van der Waals surface area contributed by atoms with Crippen molar-refractivity contribution in [1.82, 2.24) is 10.2 Å². The summed E-state index contributed by atoms with van der Waals surface area (Å²) in [7, 11) is 4.13. The van der Waals surface area contributed by atoms with Crippen molar-refractivity contribution in [3.8, 4) is 11.5 Å². The van der Waals surface area contributed by atoms with Gasteiger partial charge in [0.15, 0.2) is 11.5 Å². The van der Waals surface area contributed by atoms with Crippen LogP contribution in [0, 0.1) is 5.92 Å². The van der Waals surface area contributed by atoms with Gasteiger partial charge < -0.3 is 19.7 Å². The number of hydrogen-bond acceptors (Lipinski definition) is 4. The number of ether oxygens (including phenoxy) is 2. The van der Waals surface area contributed by atoms with Gasteiger partial charge in [-0.15, -0.1) is 0 Å². The van der Waals surface area contributed by atoms with E-state index >= 15 is 0 Å². The fourth-order valence-electron chi connectivity index (χ4n) is 2.87. The van der Waals surface area contributed by atoms with Gasteiger partial charge in [0.1, 0.15) is 0 Å². The lowest BCUT2D eigenvalue weighted by Gasteiger charge is -2.38. The minimum absolute atomic E-state index is 0.158. The van der Waals surface area contributed by atoms with Gasteiger partial charge in [-0.05, 0) is 44.6 Å². The number of rotatable bonds is 4. The molecule has 3 rings (SSSR count). The van der Waals surface area contributed by atoms with Crippen LogP contribution in [0.2, 0.25) is 0 Å². The monoisotopic (exact) mass is 304 g/mol. The molecule has 1 fully saturated rings. The Morgan fingerprint density at radius 2 is 1.95 bits per heavy atom. The number of benzene rings is 1. The predicted molar refractivity (Wildman–Crippen MR) is 84.1 cm³/mol. The topological polar surface area (TPSA) is 50.8 Å². The number of nitrogens with zero attached hydrogens (tertiary/aromatic N) is 1. The van der Waals surface area contributed by atoms with E-state index in [0.29, 0.717) is 25.8 Å². The predicted octanol–water partition coefficient (Wildman–Crippen LogP) is 1.80. The van der Waals surface area contributed by atoms with Gasteiger partial charge in [0.2, 0.25) is 5.91 Å². The van der Waals surface area contributed by atoms with Crippen LogP contribution in [0.15, 0.2) is 18.2 Å². The van der Waals surface area contributed by atoms with Gasteiger partial charge >= 0.3 is 0 Å². The molecule has 22 heavy (non-hydrogen) atoms. The molecule has 1 amide bonds. The highest BCUT2D eigenvalue weighted by molar-refractivity contribution is 5.79. The second-order valence-corrected chi connectivity index (χ2v) is 6.34. The minimum Gasteiger partial charge on any atom is -0.490 e. The Hall–Kier alpha value is -1.75. The molecule has 0 unspecified atom stereocenters. The van der Waals surface area contributed by atoms with E-state index in [1.54, 1.807) is 0 Å². The molecule has 2 aliphatic rings. The first-order valence-corrected chi connectivity index (χ1v) is 7.96. The Balaban J connectivity index is 1.51. The van der Waals surface area contributed by atoms with Crippen LogP contribution in [0.4, 0.5) is 0 Å². The lowest BCUT2D eigenvalue weighted by atomic mass is 9.79. The van der Waals surface area contributed by atoms with E-state index in [4.69, 9.17) is 9.47 Å². The van der Waals surface area contributed by atoms with E-state index in [1.165, 1.54) is 0 Å². The molecule has 1 aromatic rings. The molecule has 1 saturated carbocycles. The van der Waals surface area contributed by atoms with Crippen LogP contribution in [-0.4, -0.2) is 44.2 Å². The van der Waals surface area contributed by atoms with Crippen molar-refractivity contribution in [2.45, 2.75) is 31.8 Å². The Kier molecular flexibility index (Phi) is 4.52. The first-order valence-electron chi connectivity index (χ1n) is 7.96. The molecule has 0 aromatic heterocycles. The zero-order valence-electron chi connectivity index (χ0n) is 13.3. The quantitative estimate of drug-likeness (QED) is 0.921. The second kappa shape index (κ2) is 6.57. The molecule has 1 aromatic carbocycles. The number of fused-ring (bicyclic) bond motifs is 1. The number of amides is 1. The fourth-order valence-corrected chi connectivity index (χ4v) is 2.87. The highest BCUT2D eigenvalue weighted by Gasteiger charge is 2.35. The molecule has 5 nitrogen and oxygen atoms in total. The maximum Gasteiger partial charge on any atom is 0.223 e. The Bertz CT molecular complexity index is 539. The first kappa shape index (κ1) is 15.2. The molecule has 0 radical (unpaired) electrons. The smallest absolute Gasteiger partial charge is 0.223 e. The lowest BCUT2D eigenvalue weighted by molar-refractivity contribution is -0.129. The zero-order chi connectivity index (χ0) is 15.5. The average molecular weight is 304 g/mol. The van der Waals surface area contributed by atoms with Crippen LogP contribution >= 0.6 is 0 Å². The molecule has 0 bridgehead atoms. The molecular weight excluding hydrogens is 280 g/mol. The number of nitrogens with one attached hydrogen (secondary N) is 1. The second-order valence-electron chi connectivity index (χ2n) is 6.34. The minimum atomic E-state index is 0.158. The van der Waals surface area contributed by atoms with Gasteiger partial charge in [-0.1, -0.05) is 6.07 Å². The number of carbonyl (C=O) groups excluding carboxylic acids is 1. The number of carbonyl (C=O) groups is 1. The fraction of sp³-hybridized carbons (Fsp3) is 0.588. The summed E-state index contributed by atoms with van der Waals surface area (Å²) in [5.41, 5.74) is 1.04. The van der Waals surface area contributed by atoms with Gasteiger partial charge in [0, 0.05) is 24.9 Å². The van der Waals surface area contributed by atoms with Crippen molar-refractivity contribution in [3.05, 3.63) is 23.8 Å². The summed E-state index contributed by atoms with van der Waals surface area (Å²) in [6.45, 7) is 1.91. The third-order valence-electron chi connectivity index (χ3n) is 4.49. The summed E-state index contributed by atoms with van der Waals surface area (Å²) in [4.78, 5) is 14.3. The molecule has 1 aliphatic heterocycles. The van der Waals surface area contributed by atoms with E-state index in [1.807, 2.05) is 18.2 Å². The highest BCUT2D eigenvalue weighted by Crippen LogP contribution is 2.32. The SMILES string of the molecule is CN(C)C1CC(C(=O)NCc2ccc3c(c2)OCCCO3)C1. The average Bonchev–Trinajstić information content (AvgIpc) is 2.67. The largest absolute Gasteiger partial charge is 0.490 e. The van der Waals surface area contributed by atoms with E-state index in [2.05, 4.69) is 24.3 Å². The molecule has 0 atom stereocenters. The molecule has 0 spiro atoms. The van der Waals surface area contributed by atoms with Gasteiger partial charge in [0.05, 0.1) is 13.2 Å². The summed E-state index contributed by atoms with van der Waals surface area (Å²) in [5, 5.41) is 3.03. The molecular formula is C17H24N2O3. The van der Waals surface area contributed by atoms with E-state index in [0.717, 1.165) is 36.3 Å². The summed E-state index contributed by atoms with van der Waals surface area (Å²) >= 11 is 0. The summed E-state index contributed by atoms with van der Waals surface area (Å²) in [5.74, 6) is 1.89. The van der Waals surface area contributed by atoms with Gasteiger partial charge in [-0.25, -0.2) is 0 Å². The Morgan fingerprint density at radius 1 is 1.23 bits per heavy atom. The van der Waals surface area contributed by atoms with Crippen LogP contribution in [0.25, 0.3) is 0 Å². The van der Waals surface area contributed by atoms with Crippen LogP contribution in [0.3, 0.4) is 0 Å². The third kappa shape index (κ3) is 3.35. The zero-order valence-corrected chi connectivity index (χ0v) is 13.3. The normalized spacial score (nSPS) is 23.6. The van der Waals surface area contributed by atoms with Gasteiger partial charge in [0.25, 0.3) is 0 Å². The summed E-state index contributed by atoms with van der Waals surface area (Å²) in [6, 6.07) is 6.42. The van der Waals surface area contributed by atoms with E-state index in [-0.39, 0.29) is 11.8 Å². The third-order valence-corrected chi connectivity index (χ3v) is 4.49. The van der Waals surface area contributed by atoms with Crippen LogP contribution in [0.1, 0.15) is 24.8 Å². The molecule has 1 heterocycles. The van der Waals surface area contributed by atoms with Crippen molar-refractivity contribution in [2.24, 2.45) is 5.92 Å². The molecule has 1 N–H and O–H groups in total. The van der Waals surface area contributed by atoms with Crippen molar-refractivity contribution < 1.29 is 14.3 Å². The van der Waals surface area contributed by atoms with Crippen molar-refractivity contribution in [2.75, 3.05) is 27.3 Å². The Morgan fingerprint density at radius 3 is 2.68 bits per heavy atom. The molecule has 0 saturated heterocycles. The van der Waals surface area contributed by atoms with Crippen LogP contribution < -0.4 is 14.8 Å². The van der Waals surface area contributed by atoms with Crippen LogP contribution in [-0.2, 0) is 11.3 Å². The maximum atomic E-state index is 12.1. The summed E-state index contributed by atoms with van der Waals surface area (Å²) < 4.78 is 11.3. The standard InChI is InChI=1S/C17H24N2O3/c1-19(2)14-9-13(10-14)17(20)18-11-12-4-5-15-16(8-12)22-7-3-6-21-15/h4-5,8,13-14H,3,6-7,9-11H2,1-2H3,(H,18,20). The maximum absolute atomic E-state index is 12.1. The van der Waals surface area contributed by atoms with Crippen molar-refractivity contribution in [3.63, 3.8) is 0 Å². The van der Waals surface area contributed by atoms with Gasteiger partial charge in [-0.3, -0.25) is 4.79 Å². The lowest BCUT2D eigenvalue weighted by Crippen LogP contribution is -2.46. The Labute approximate surface area is 131 Å². The molecule has 1 aliphatic carbocycles. The highest BCUT2D eigenvalue weighted by atomic mass is 16.5. The molecule has 5 heteroatoms. The van der Waals surface area contributed by atoms with Crippen molar-refractivity contribution >= 4 is 5.91 Å². The summed E-state index contributed by atoms with van der Waals surface area (Å²) in [6.07, 6.45) is 2.81. The van der Waals surface area contributed by atoms with E-state index < -0.39 is 0 Å². The molecule has 120 valence electrons. The van der Waals surface area contributed by atoms with Crippen LogP contribution in [0.5, 0.6) is 11.5 Å². The number of hydrogen-bond donors (Lipinski definition) is 1. The van der Waals surface area contributed by atoms with E-state index in [9.17, 15) is 4.79 Å². The van der Waals surface area contributed by atoms with Crippen molar-refractivity contribution in [1.29, 1.82) is 0 Å². The van der Waals surface area contributed by atoms with Gasteiger partial charge in [-0.2, -0.15) is 0 Å². The first-order chi connectivity index (χ1) is 10.6.